The predicted molar refractivity (Wildman–Crippen MR) is 78.9 cm³/mol. The van der Waals surface area contributed by atoms with Crippen LogP contribution in [0.25, 0.3) is 0 Å². The van der Waals surface area contributed by atoms with Gasteiger partial charge in [-0.1, -0.05) is 0 Å². The number of rotatable bonds is 3. The average molecular weight is 274 g/mol. The zero-order valence-electron chi connectivity index (χ0n) is 12.6. The highest BCUT2D eigenvalue weighted by atomic mass is 16.5. The molecule has 4 nitrogen and oxygen atoms in total. The van der Waals surface area contributed by atoms with Crippen LogP contribution in [0.2, 0.25) is 0 Å². The number of hydrogen-bond acceptors (Lipinski definition) is 4. The van der Waals surface area contributed by atoms with Crippen LogP contribution < -0.4 is 9.64 Å². The molecule has 1 fully saturated rings. The monoisotopic (exact) mass is 274 g/mol. The second kappa shape index (κ2) is 5.34. The van der Waals surface area contributed by atoms with Crippen molar-refractivity contribution in [2.75, 3.05) is 18.6 Å². The minimum atomic E-state index is -0.676. The van der Waals surface area contributed by atoms with Gasteiger partial charge in [-0.3, -0.25) is 0 Å². The summed E-state index contributed by atoms with van der Waals surface area (Å²) in [7, 11) is 1.58. The standard InChI is InChI=1S/C16H22N2O2/c1-11-14(16(2,3)19)7-8-18(11)13-6-5-12(10-17)15(9-13)20-4/h5-6,9,11,14,19H,7-8H2,1-4H3/t11-,14-/m0/s1. The lowest BCUT2D eigenvalue weighted by Gasteiger charge is -2.33. The van der Waals surface area contributed by atoms with E-state index in [1.54, 1.807) is 13.2 Å². The maximum absolute atomic E-state index is 10.2. The Labute approximate surface area is 120 Å². The maximum Gasteiger partial charge on any atom is 0.138 e. The minimum Gasteiger partial charge on any atom is -0.495 e. The van der Waals surface area contributed by atoms with Crippen LogP contribution in [-0.4, -0.2) is 30.4 Å². The highest BCUT2D eigenvalue weighted by molar-refractivity contribution is 5.58. The number of anilines is 1. The maximum atomic E-state index is 10.2. The summed E-state index contributed by atoms with van der Waals surface area (Å²) in [6, 6.07) is 8.03. The molecule has 0 spiro atoms. The number of aliphatic hydroxyl groups is 1. The quantitative estimate of drug-likeness (QED) is 0.920. The Kier molecular flexibility index (Phi) is 3.92. The fraction of sp³-hybridized carbons (Fsp3) is 0.562. The van der Waals surface area contributed by atoms with Crippen molar-refractivity contribution in [2.45, 2.75) is 38.8 Å². The van der Waals surface area contributed by atoms with E-state index in [2.05, 4.69) is 17.9 Å². The molecule has 20 heavy (non-hydrogen) atoms. The number of ether oxygens (including phenoxy) is 1. The Bertz CT molecular complexity index is 528. The molecule has 0 bridgehead atoms. The van der Waals surface area contributed by atoms with E-state index in [1.165, 1.54) is 0 Å². The molecule has 1 aromatic rings. The number of methoxy groups -OCH3 is 1. The van der Waals surface area contributed by atoms with Gasteiger partial charge in [-0.2, -0.15) is 5.26 Å². The second-order valence-corrected chi connectivity index (χ2v) is 5.98. The van der Waals surface area contributed by atoms with E-state index >= 15 is 0 Å². The van der Waals surface area contributed by atoms with Crippen LogP contribution in [0.15, 0.2) is 18.2 Å². The van der Waals surface area contributed by atoms with Crippen LogP contribution in [0.3, 0.4) is 0 Å². The summed E-state index contributed by atoms with van der Waals surface area (Å²) in [6.45, 7) is 6.79. The third-order valence-electron chi connectivity index (χ3n) is 4.30. The molecular weight excluding hydrogens is 252 g/mol. The number of nitriles is 1. The Balaban J connectivity index is 2.28. The van der Waals surface area contributed by atoms with Gasteiger partial charge in [0, 0.05) is 30.3 Å². The van der Waals surface area contributed by atoms with Gasteiger partial charge in [0.25, 0.3) is 0 Å². The van der Waals surface area contributed by atoms with Gasteiger partial charge >= 0.3 is 0 Å². The summed E-state index contributed by atoms with van der Waals surface area (Å²) in [4.78, 5) is 2.27. The summed E-state index contributed by atoms with van der Waals surface area (Å²) < 4.78 is 5.27. The number of benzene rings is 1. The van der Waals surface area contributed by atoms with Gasteiger partial charge in [0.05, 0.1) is 18.3 Å². The Hall–Kier alpha value is -1.73. The summed E-state index contributed by atoms with van der Waals surface area (Å²) in [6.07, 6.45) is 0.965. The van der Waals surface area contributed by atoms with Crippen molar-refractivity contribution in [2.24, 2.45) is 5.92 Å². The third kappa shape index (κ3) is 2.59. The van der Waals surface area contributed by atoms with Gasteiger partial charge < -0.3 is 14.7 Å². The predicted octanol–water partition coefficient (Wildman–Crippen LogP) is 2.55. The van der Waals surface area contributed by atoms with E-state index in [4.69, 9.17) is 10.00 Å². The second-order valence-electron chi connectivity index (χ2n) is 5.98. The molecule has 0 saturated carbocycles. The van der Waals surface area contributed by atoms with E-state index in [1.807, 2.05) is 26.0 Å². The van der Waals surface area contributed by atoms with E-state index in [-0.39, 0.29) is 12.0 Å². The number of nitrogens with zero attached hydrogens (tertiary/aromatic N) is 2. The third-order valence-corrected chi connectivity index (χ3v) is 4.30. The van der Waals surface area contributed by atoms with E-state index < -0.39 is 5.60 Å². The molecule has 1 saturated heterocycles. The first-order valence-electron chi connectivity index (χ1n) is 6.95. The zero-order chi connectivity index (χ0) is 14.9. The van der Waals surface area contributed by atoms with Crippen LogP contribution in [-0.2, 0) is 0 Å². The first kappa shape index (κ1) is 14.7. The lowest BCUT2D eigenvalue weighted by molar-refractivity contribution is 0.0156. The van der Waals surface area contributed by atoms with Crippen molar-refractivity contribution in [1.82, 2.24) is 0 Å². The molecule has 1 aliphatic rings. The summed E-state index contributed by atoms with van der Waals surface area (Å²) >= 11 is 0. The molecular formula is C16H22N2O2. The van der Waals surface area contributed by atoms with Gasteiger partial charge in [-0.05, 0) is 39.3 Å². The largest absolute Gasteiger partial charge is 0.495 e. The Morgan fingerprint density at radius 2 is 2.15 bits per heavy atom. The summed E-state index contributed by atoms with van der Waals surface area (Å²) in [5.74, 6) is 0.841. The molecule has 2 atom stereocenters. The summed E-state index contributed by atoms with van der Waals surface area (Å²) in [5.41, 5.74) is 0.910. The molecule has 0 radical (unpaired) electrons. The number of hydrogen-bond donors (Lipinski definition) is 1. The molecule has 0 aliphatic carbocycles. The highest BCUT2D eigenvalue weighted by Crippen LogP contribution is 2.37. The Morgan fingerprint density at radius 1 is 1.45 bits per heavy atom. The zero-order valence-corrected chi connectivity index (χ0v) is 12.6. The van der Waals surface area contributed by atoms with Crippen molar-refractivity contribution < 1.29 is 9.84 Å². The topological polar surface area (TPSA) is 56.5 Å². The van der Waals surface area contributed by atoms with E-state index in [9.17, 15) is 5.11 Å². The fourth-order valence-corrected chi connectivity index (χ4v) is 3.20. The van der Waals surface area contributed by atoms with Crippen molar-refractivity contribution in [3.8, 4) is 11.8 Å². The van der Waals surface area contributed by atoms with Crippen LogP contribution in [0.1, 0.15) is 32.8 Å². The first-order valence-corrected chi connectivity index (χ1v) is 6.95. The first-order chi connectivity index (χ1) is 9.38. The summed E-state index contributed by atoms with van der Waals surface area (Å²) in [5, 5.41) is 19.3. The fourth-order valence-electron chi connectivity index (χ4n) is 3.20. The molecule has 1 N–H and O–H groups in total. The van der Waals surface area contributed by atoms with Gasteiger partial charge in [0.1, 0.15) is 11.8 Å². The smallest absolute Gasteiger partial charge is 0.138 e. The lowest BCUT2D eigenvalue weighted by Crippen LogP contribution is -2.40. The normalized spacial score (nSPS) is 22.7. The minimum absolute atomic E-state index is 0.240. The van der Waals surface area contributed by atoms with Gasteiger partial charge in [0.2, 0.25) is 0 Å². The van der Waals surface area contributed by atoms with Crippen LogP contribution in [0, 0.1) is 17.2 Å². The lowest BCUT2D eigenvalue weighted by atomic mass is 9.85. The molecule has 1 aliphatic heterocycles. The molecule has 2 rings (SSSR count). The van der Waals surface area contributed by atoms with Crippen molar-refractivity contribution in [3.05, 3.63) is 23.8 Å². The molecule has 0 amide bonds. The Morgan fingerprint density at radius 3 is 2.65 bits per heavy atom. The SMILES string of the molecule is COc1cc(N2CC[C@H](C(C)(C)O)[C@@H]2C)ccc1C#N. The average Bonchev–Trinajstić information content (AvgIpc) is 2.79. The van der Waals surface area contributed by atoms with Gasteiger partial charge in [-0.25, -0.2) is 0 Å². The van der Waals surface area contributed by atoms with E-state index in [0.29, 0.717) is 11.3 Å². The van der Waals surface area contributed by atoms with Crippen molar-refractivity contribution in [1.29, 1.82) is 5.26 Å². The molecule has 1 heterocycles. The van der Waals surface area contributed by atoms with Crippen LogP contribution in [0.5, 0.6) is 5.75 Å². The molecule has 1 aromatic carbocycles. The molecule has 4 heteroatoms. The van der Waals surface area contributed by atoms with Crippen LogP contribution in [0.4, 0.5) is 5.69 Å². The molecule has 0 unspecified atom stereocenters. The molecule has 0 aromatic heterocycles. The van der Waals surface area contributed by atoms with Crippen molar-refractivity contribution >= 4 is 5.69 Å². The highest BCUT2D eigenvalue weighted by Gasteiger charge is 2.39. The van der Waals surface area contributed by atoms with Crippen LogP contribution >= 0.6 is 0 Å². The molecule has 108 valence electrons. The van der Waals surface area contributed by atoms with Crippen molar-refractivity contribution in [3.63, 3.8) is 0 Å². The van der Waals surface area contributed by atoms with Gasteiger partial charge in [0.15, 0.2) is 0 Å². The van der Waals surface area contributed by atoms with Gasteiger partial charge in [-0.15, -0.1) is 0 Å². The van der Waals surface area contributed by atoms with E-state index in [0.717, 1.165) is 18.7 Å².